The molecule has 0 amide bonds. The third kappa shape index (κ3) is 1.86. The summed E-state index contributed by atoms with van der Waals surface area (Å²) in [6.07, 6.45) is 2.40. The van der Waals surface area contributed by atoms with Crippen LogP contribution in [0.2, 0.25) is 0 Å². The quantitative estimate of drug-likeness (QED) is 0.849. The van der Waals surface area contributed by atoms with Gasteiger partial charge in [-0.05, 0) is 50.9 Å². The van der Waals surface area contributed by atoms with Crippen LogP contribution in [0, 0.1) is 5.92 Å². The average Bonchev–Trinajstić information content (AvgIpc) is 2.75. The maximum atomic E-state index is 12.1. The van der Waals surface area contributed by atoms with Crippen LogP contribution in [0.1, 0.15) is 25.8 Å². The molecule has 4 heteroatoms. The van der Waals surface area contributed by atoms with E-state index in [9.17, 15) is 4.79 Å². The average molecular weight is 245 g/mol. The maximum Gasteiger partial charge on any atom is 0.326 e. The van der Waals surface area contributed by atoms with Crippen LogP contribution in [0.4, 0.5) is 0 Å². The first-order valence-corrected chi connectivity index (χ1v) is 6.67. The number of fused-ring (bicyclic) bond motifs is 1. The minimum atomic E-state index is 0.00859. The molecule has 2 N–H and O–H groups in total. The fourth-order valence-electron chi connectivity index (χ4n) is 2.98. The van der Waals surface area contributed by atoms with Crippen LogP contribution in [0.15, 0.2) is 29.1 Å². The van der Waals surface area contributed by atoms with Crippen LogP contribution >= 0.6 is 0 Å². The van der Waals surface area contributed by atoms with E-state index >= 15 is 0 Å². The lowest BCUT2D eigenvalue weighted by atomic mass is 9.92. The van der Waals surface area contributed by atoms with E-state index in [-0.39, 0.29) is 11.7 Å². The van der Waals surface area contributed by atoms with Crippen LogP contribution in [0.25, 0.3) is 11.0 Å². The summed E-state index contributed by atoms with van der Waals surface area (Å²) in [6.45, 7) is 4.26. The normalized spacial score (nSPS) is 22.2. The van der Waals surface area contributed by atoms with E-state index in [1.807, 2.05) is 28.8 Å². The number of aromatic amines is 1. The monoisotopic (exact) mass is 245 g/mol. The van der Waals surface area contributed by atoms with Crippen LogP contribution in [0.3, 0.4) is 0 Å². The minimum Gasteiger partial charge on any atom is -0.316 e. The number of benzene rings is 1. The van der Waals surface area contributed by atoms with E-state index in [4.69, 9.17) is 0 Å². The van der Waals surface area contributed by atoms with E-state index in [0.717, 1.165) is 24.1 Å². The molecule has 1 aromatic heterocycles. The molecule has 2 aromatic rings. The molecule has 1 fully saturated rings. The molecular weight excluding hydrogens is 226 g/mol. The Kier molecular flexibility index (Phi) is 2.96. The molecule has 0 aliphatic carbocycles. The van der Waals surface area contributed by atoms with E-state index < -0.39 is 0 Å². The molecule has 0 radical (unpaired) electrons. The van der Waals surface area contributed by atoms with Crippen molar-refractivity contribution in [3.05, 3.63) is 34.7 Å². The van der Waals surface area contributed by atoms with Gasteiger partial charge in [-0.15, -0.1) is 0 Å². The lowest BCUT2D eigenvalue weighted by Crippen LogP contribution is -2.36. The first-order valence-electron chi connectivity index (χ1n) is 6.67. The number of nitrogens with one attached hydrogen (secondary N) is 2. The molecule has 1 aromatic carbocycles. The Balaban J connectivity index is 2.02. The van der Waals surface area contributed by atoms with Gasteiger partial charge in [-0.25, -0.2) is 4.79 Å². The van der Waals surface area contributed by atoms with Crippen LogP contribution in [-0.4, -0.2) is 22.6 Å². The maximum absolute atomic E-state index is 12.1. The number of piperidine rings is 1. The predicted molar refractivity (Wildman–Crippen MR) is 72.9 cm³/mol. The summed E-state index contributed by atoms with van der Waals surface area (Å²) in [5, 5.41) is 3.42. The summed E-state index contributed by atoms with van der Waals surface area (Å²) in [4.78, 5) is 15.0. The Morgan fingerprint density at radius 2 is 2.22 bits per heavy atom. The Hall–Kier alpha value is -1.55. The Labute approximate surface area is 106 Å². The number of H-pyrrole nitrogens is 1. The lowest BCUT2D eigenvalue weighted by molar-refractivity contribution is 0.280. The largest absolute Gasteiger partial charge is 0.326 e. The second-order valence-corrected chi connectivity index (χ2v) is 5.16. The van der Waals surface area contributed by atoms with Crippen molar-refractivity contribution < 1.29 is 0 Å². The first kappa shape index (κ1) is 11.5. The van der Waals surface area contributed by atoms with Crippen molar-refractivity contribution in [3.8, 4) is 0 Å². The number of nitrogens with zero attached hydrogens (tertiary/aromatic N) is 1. The predicted octanol–water partition coefficient (Wildman–Crippen LogP) is 1.89. The highest BCUT2D eigenvalue weighted by molar-refractivity contribution is 5.75. The van der Waals surface area contributed by atoms with Crippen molar-refractivity contribution in [2.24, 2.45) is 5.92 Å². The SMILES string of the molecule is CC(C1CCCNC1)n1c(=O)[nH]c2ccccc21. The van der Waals surface area contributed by atoms with Crippen molar-refractivity contribution in [3.63, 3.8) is 0 Å². The highest BCUT2D eigenvalue weighted by Gasteiger charge is 2.23. The molecule has 96 valence electrons. The fraction of sp³-hybridized carbons (Fsp3) is 0.500. The summed E-state index contributed by atoms with van der Waals surface area (Å²) >= 11 is 0. The van der Waals surface area contributed by atoms with Gasteiger partial charge in [0, 0.05) is 6.04 Å². The number of aromatic nitrogens is 2. The molecule has 4 nitrogen and oxygen atoms in total. The van der Waals surface area contributed by atoms with Gasteiger partial charge in [0.1, 0.15) is 0 Å². The molecule has 0 saturated carbocycles. The topological polar surface area (TPSA) is 49.8 Å². The van der Waals surface area contributed by atoms with Gasteiger partial charge in [0.2, 0.25) is 0 Å². The van der Waals surface area contributed by atoms with E-state index in [0.29, 0.717) is 5.92 Å². The number of imidazole rings is 1. The van der Waals surface area contributed by atoms with Crippen molar-refractivity contribution in [2.45, 2.75) is 25.8 Å². The Morgan fingerprint density at radius 3 is 3.00 bits per heavy atom. The van der Waals surface area contributed by atoms with E-state index in [1.165, 1.54) is 12.8 Å². The highest BCUT2D eigenvalue weighted by atomic mass is 16.1. The number of rotatable bonds is 2. The van der Waals surface area contributed by atoms with Gasteiger partial charge < -0.3 is 10.3 Å². The van der Waals surface area contributed by atoms with Gasteiger partial charge in [0.15, 0.2) is 0 Å². The molecule has 1 aliphatic rings. The van der Waals surface area contributed by atoms with Crippen molar-refractivity contribution >= 4 is 11.0 Å². The molecule has 2 heterocycles. The molecule has 1 saturated heterocycles. The second kappa shape index (κ2) is 4.61. The van der Waals surface area contributed by atoms with Gasteiger partial charge >= 0.3 is 5.69 Å². The van der Waals surface area contributed by atoms with Crippen LogP contribution in [0.5, 0.6) is 0 Å². The van der Waals surface area contributed by atoms with Crippen LogP contribution < -0.4 is 11.0 Å². The van der Waals surface area contributed by atoms with Crippen molar-refractivity contribution in [1.82, 2.24) is 14.9 Å². The summed E-state index contributed by atoms with van der Waals surface area (Å²) in [6, 6.07) is 8.15. The van der Waals surface area contributed by atoms with Gasteiger partial charge in [-0.1, -0.05) is 12.1 Å². The molecule has 3 rings (SSSR count). The zero-order chi connectivity index (χ0) is 12.5. The number of hydrogen-bond acceptors (Lipinski definition) is 2. The molecule has 2 unspecified atom stereocenters. The summed E-state index contributed by atoms with van der Waals surface area (Å²) in [5.74, 6) is 0.538. The highest BCUT2D eigenvalue weighted by Crippen LogP contribution is 2.25. The van der Waals surface area contributed by atoms with Crippen molar-refractivity contribution in [2.75, 3.05) is 13.1 Å². The molecular formula is C14H19N3O. The summed E-state index contributed by atoms with van der Waals surface area (Å²) < 4.78 is 1.91. The molecule has 0 bridgehead atoms. The Bertz CT molecular complexity index is 592. The van der Waals surface area contributed by atoms with E-state index in [2.05, 4.69) is 17.2 Å². The standard InChI is InChI=1S/C14H19N3O/c1-10(11-5-4-8-15-9-11)17-13-7-3-2-6-12(13)16-14(17)18/h2-3,6-7,10-11,15H,4-5,8-9H2,1H3,(H,16,18). The van der Waals surface area contributed by atoms with Gasteiger partial charge in [0.05, 0.1) is 11.0 Å². The zero-order valence-corrected chi connectivity index (χ0v) is 10.6. The van der Waals surface area contributed by atoms with Crippen LogP contribution in [-0.2, 0) is 0 Å². The smallest absolute Gasteiger partial charge is 0.316 e. The molecule has 0 spiro atoms. The second-order valence-electron chi connectivity index (χ2n) is 5.16. The molecule has 18 heavy (non-hydrogen) atoms. The zero-order valence-electron chi connectivity index (χ0n) is 10.6. The minimum absolute atomic E-state index is 0.00859. The van der Waals surface area contributed by atoms with Gasteiger partial charge in [0.25, 0.3) is 0 Å². The Morgan fingerprint density at radius 1 is 1.39 bits per heavy atom. The van der Waals surface area contributed by atoms with Gasteiger partial charge in [-0.2, -0.15) is 0 Å². The molecule has 2 atom stereocenters. The fourth-order valence-corrected chi connectivity index (χ4v) is 2.98. The summed E-state index contributed by atoms with van der Waals surface area (Å²) in [7, 11) is 0. The third-order valence-electron chi connectivity index (χ3n) is 4.05. The first-order chi connectivity index (χ1) is 8.77. The van der Waals surface area contributed by atoms with Crippen molar-refractivity contribution in [1.29, 1.82) is 0 Å². The number of hydrogen-bond donors (Lipinski definition) is 2. The summed E-state index contributed by atoms with van der Waals surface area (Å²) in [5.41, 5.74) is 1.95. The third-order valence-corrected chi connectivity index (χ3v) is 4.05. The lowest BCUT2D eigenvalue weighted by Gasteiger charge is -2.29. The molecule has 1 aliphatic heterocycles. The van der Waals surface area contributed by atoms with E-state index in [1.54, 1.807) is 0 Å². The van der Waals surface area contributed by atoms with Gasteiger partial charge in [-0.3, -0.25) is 4.57 Å². The number of para-hydroxylation sites is 2.